The third-order valence-electron chi connectivity index (χ3n) is 5.11. The summed E-state index contributed by atoms with van der Waals surface area (Å²) in [6.45, 7) is 3.48. The average molecular weight is 272 g/mol. The Morgan fingerprint density at radius 1 is 1.17 bits per heavy atom. The summed E-state index contributed by atoms with van der Waals surface area (Å²) in [5, 5.41) is 3.48. The highest BCUT2D eigenvalue weighted by Gasteiger charge is 2.40. The maximum atomic E-state index is 11.7. The number of nitrogens with zero attached hydrogens (tertiary/aromatic N) is 1. The zero-order valence-electron chi connectivity index (χ0n) is 11.1. The molecule has 2 aliphatic heterocycles. The van der Waals surface area contributed by atoms with Gasteiger partial charge in [0.25, 0.3) is 0 Å². The zero-order chi connectivity index (χ0) is 12.8. The molecule has 0 aromatic carbocycles. The summed E-state index contributed by atoms with van der Waals surface area (Å²) >= 11 is 0. The second kappa shape index (κ2) is 4.76. The van der Waals surface area contributed by atoms with Gasteiger partial charge in [0, 0.05) is 31.4 Å². The molecule has 3 rings (SSSR count). The Bertz CT molecular complexity index is 397. The van der Waals surface area contributed by atoms with Crippen LogP contribution >= 0.6 is 0 Å². The molecule has 0 aromatic rings. The lowest BCUT2D eigenvalue weighted by Crippen LogP contribution is -2.42. The predicted octanol–water partition coefficient (Wildman–Crippen LogP) is 0.636. The van der Waals surface area contributed by atoms with E-state index in [1.165, 1.54) is 32.2 Å². The summed E-state index contributed by atoms with van der Waals surface area (Å²) < 4.78 is 23.4. The number of nitrogens with one attached hydrogen (secondary N) is 1. The minimum Gasteiger partial charge on any atom is -0.312 e. The fourth-order valence-corrected chi connectivity index (χ4v) is 5.19. The molecule has 4 atom stereocenters. The van der Waals surface area contributed by atoms with Crippen molar-refractivity contribution in [3.05, 3.63) is 0 Å². The van der Waals surface area contributed by atoms with Gasteiger partial charge in [-0.1, -0.05) is 6.42 Å². The summed E-state index contributed by atoms with van der Waals surface area (Å²) in [7, 11) is -2.85. The second-order valence-electron chi connectivity index (χ2n) is 6.34. The second-order valence-corrected chi connectivity index (χ2v) is 8.66. The molecule has 3 aliphatic rings. The lowest BCUT2D eigenvalue weighted by atomic mass is 9.94. The Morgan fingerprint density at radius 2 is 2.00 bits per heavy atom. The molecule has 1 aliphatic carbocycles. The normalized spacial score (nSPS) is 42.1. The van der Waals surface area contributed by atoms with Crippen LogP contribution < -0.4 is 5.32 Å². The highest BCUT2D eigenvalue weighted by Crippen LogP contribution is 2.33. The quantitative estimate of drug-likeness (QED) is 0.801. The average Bonchev–Trinajstić information content (AvgIpc) is 2.88. The molecule has 4 nitrogen and oxygen atoms in total. The molecule has 2 heterocycles. The van der Waals surface area contributed by atoms with Crippen LogP contribution in [0.1, 0.15) is 32.1 Å². The zero-order valence-corrected chi connectivity index (χ0v) is 12.0. The number of hydrogen-bond donors (Lipinski definition) is 1. The first-order valence-corrected chi connectivity index (χ1v) is 9.16. The van der Waals surface area contributed by atoms with Gasteiger partial charge < -0.3 is 5.32 Å². The van der Waals surface area contributed by atoms with Crippen LogP contribution in [0.2, 0.25) is 0 Å². The molecule has 0 radical (unpaired) electrons. The van der Waals surface area contributed by atoms with Crippen LogP contribution in [0.3, 0.4) is 0 Å². The number of likely N-dealkylation sites (tertiary alicyclic amines) is 1. The summed E-state index contributed by atoms with van der Waals surface area (Å²) in [4.78, 5) is 2.55. The molecule has 0 spiro atoms. The fraction of sp³-hybridized carbons (Fsp3) is 1.00. The van der Waals surface area contributed by atoms with Crippen LogP contribution in [0.4, 0.5) is 0 Å². The molecule has 18 heavy (non-hydrogen) atoms. The van der Waals surface area contributed by atoms with Crippen molar-refractivity contribution in [3.63, 3.8) is 0 Å². The minimum absolute atomic E-state index is 0.0929. The number of rotatable bonds is 2. The molecule has 3 fully saturated rings. The van der Waals surface area contributed by atoms with Gasteiger partial charge in [-0.3, -0.25) is 4.90 Å². The Morgan fingerprint density at radius 3 is 2.72 bits per heavy atom. The van der Waals surface area contributed by atoms with Gasteiger partial charge >= 0.3 is 0 Å². The number of fused-ring (bicyclic) bond motifs is 1. The van der Waals surface area contributed by atoms with E-state index in [1.807, 2.05) is 0 Å². The van der Waals surface area contributed by atoms with Gasteiger partial charge in [-0.15, -0.1) is 0 Å². The van der Waals surface area contributed by atoms with Crippen molar-refractivity contribution >= 4 is 9.84 Å². The van der Waals surface area contributed by atoms with Gasteiger partial charge in [-0.05, 0) is 38.1 Å². The molecule has 1 saturated carbocycles. The van der Waals surface area contributed by atoms with E-state index in [0.717, 1.165) is 31.7 Å². The van der Waals surface area contributed by atoms with Crippen molar-refractivity contribution in [2.75, 3.05) is 25.9 Å². The summed E-state index contributed by atoms with van der Waals surface area (Å²) in [6, 6.07) is 1.18. The van der Waals surface area contributed by atoms with E-state index in [0.29, 0.717) is 12.1 Å². The summed E-state index contributed by atoms with van der Waals surface area (Å²) in [5.41, 5.74) is 0. The lowest BCUT2D eigenvalue weighted by Gasteiger charge is -2.35. The van der Waals surface area contributed by atoms with Crippen LogP contribution in [0, 0.1) is 5.92 Å². The molecule has 0 aromatic heterocycles. The number of sulfone groups is 1. The first-order valence-electron chi connectivity index (χ1n) is 7.20. The molecular weight excluding hydrogens is 248 g/mol. The SMILES string of the molecule is CS(=O)(=O)C1CCCC(N2C[C@@H]3CCN[C@@H]3C2)C1. The van der Waals surface area contributed by atoms with E-state index in [2.05, 4.69) is 10.2 Å². The molecular formula is C13H24N2O2S. The fourth-order valence-electron chi connectivity index (χ4n) is 4.02. The van der Waals surface area contributed by atoms with E-state index >= 15 is 0 Å². The predicted molar refractivity (Wildman–Crippen MR) is 72.4 cm³/mol. The highest BCUT2D eigenvalue weighted by atomic mass is 32.2. The first kappa shape index (κ1) is 12.9. The maximum Gasteiger partial charge on any atom is 0.150 e. The summed E-state index contributed by atoms with van der Waals surface area (Å²) in [5.74, 6) is 0.809. The van der Waals surface area contributed by atoms with Crippen molar-refractivity contribution in [1.29, 1.82) is 0 Å². The number of hydrogen-bond acceptors (Lipinski definition) is 4. The van der Waals surface area contributed by atoms with E-state index in [1.54, 1.807) is 0 Å². The summed E-state index contributed by atoms with van der Waals surface area (Å²) in [6.07, 6.45) is 6.68. The van der Waals surface area contributed by atoms with E-state index < -0.39 is 9.84 Å². The Balaban J connectivity index is 1.63. The molecule has 1 N–H and O–H groups in total. The largest absolute Gasteiger partial charge is 0.312 e. The smallest absolute Gasteiger partial charge is 0.150 e. The van der Waals surface area contributed by atoms with Crippen molar-refractivity contribution < 1.29 is 8.42 Å². The topological polar surface area (TPSA) is 49.4 Å². The van der Waals surface area contributed by atoms with Gasteiger partial charge in [0.15, 0.2) is 0 Å². The van der Waals surface area contributed by atoms with Gasteiger partial charge in [0.1, 0.15) is 9.84 Å². The van der Waals surface area contributed by atoms with Crippen molar-refractivity contribution in [2.45, 2.75) is 49.4 Å². The van der Waals surface area contributed by atoms with Gasteiger partial charge in [0.2, 0.25) is 0 Å². The van der Waals surface area contributed by atoms with Gasteiger partial charge in [-0.25, -0.2) is 8.42 Å². The van der Waals surface area contributed by atoms with Crippen LogP contribution in [0.25, 0.3) is 0 Å². The van der Waals surface area contributed by atoms with Gasteiger partial charge in [0.05, 0.1) is 5.25 Å². The highest BCUT2D eigenvalue weighted by molar-refractivity contribution is 7.91. The van der Waals surface area contributed by atoms with Crippen molar-refractivity contribution in [1.82, 2.24) is 10.2 Å². The standard InChI is InChI=1S/C13H24N2O2S/c1-18(16,17)12-4-2-3-11(7-12)15-8-10-5-6-14-13(10)9-15/h10-14H,2-9H2,1H3/t10-,11?,12?,13+/m0/s1. The first-order chi connectivity index (χ1) is 8.54. The van der Waals surface area contributed by atoms with Crippen LogP contribution in [-0.2, 0) is 9.84 Å². The van der Waals surface area contributed by atoms with Crippen LogP contribution in [0.15, 0.2) is 0 Å². The Labute approximate surface area is 110 Å². The maximum absolute atomic E-state index is 11.7. The van der Waals surface area contributed by atoms with Gasteiger partial charge in [-0.2, -0.15) is 0 Å². The van der Waals surface area contributed by atoms with E-state index in [4.69, 9.17) is 0 Å². The third-order valence-corrected chi connectivity index (χ3v) is 6.75. The molecule has 2 saturated heterocycles. The molecule has 0 bridgehead atoms. The lowest BCUT2D eigenvalue weighted by molar-refractivity contribution is 0.181. The monoisotopic (exact) mass is 272 g/mol. The third kappa shape index (κ3) is 2.45. The van der Waals surface area contributed by atoms with Crippen LogP contribution in [0.5, 0.6) is 0 Å². The van der Waals surface area contributed by atoms with Crippen molar-refractivity contribution in [3.8, 4) is 0 Å². The molecule has 5 heteroatoms. The Hall–Kier alpha value is -0.130. The Kier molecular flexibility index (Phi) is 3.41. The molecule has 104 valence electrons. The molecule has 2 unspecified atom stereocenters. The van der Waals surface area contributed by atoms with E-state index in [9.17, 15) is 8.42 Å². The van der Waals surface area contributed by atoms with E-state index in [-0.39, 0.29) is 5.25 Å². The van der Waals surface area contributed by atoms with Crippen LogP contribution in [-0.4, -0.2) is 56.5 Å². The molecule has 0 amide bonds. The van der Waals surface area contributed by atoms with Crippen molar-refractivity contribution in [2.24, 2.45) is 5.92 Å². The minimum atomic E-state index is -2.85.